The Morgan fingerprint density at radius 1 is 1.00 bits per heavy atom. The molecule has 0 aliphatic rings. The van der Waals surface area contributed by atoms with Crippen LogP contribution in [0.5, 0.6) is 5.75 Å². The number of carbonyl (C=O) groups is 1. The van der Waals surface area contributed by atoms with Gasteiger partial charge in [-0.2, -0.15) is 0 Å². The van der Waals surface area contributed by atoms with Crippen LogP contribution in [0.2, 0.25) is 5.02 Å². The van der Waals surface area contributed by atoms with E-state index in [0.717, 1.165) is 21.7 Å². The van der Waals surface area contributed by atoms with Crippen LogP contribution in [0.15, 0.2) is 30.3 Å². The minimum absolute atomic E-state index is 0.0761. The molecule has 0 aromatic heterocycles. The maximum absolute atomic E-state index is 12.5. The lowest BCUT2D eigenvalue weighted by molar-refractivity contribution is -0.127. The molecule has 2 aromatic rings. The highest BCUT2D eigenvalue weighted by Gasteiger charge is 2.19. The van der Waals surface area contributed by atoms with Gasteiger partial charge in [-0.05, 0) is 75.9 Å². The highest BCUT2D eigenvalue weighted by atomic mass is 35.5. The molecule has 134 valence electrons. The minimum Gasteiger partial charge on any atom is -0.481 e. The maximum Gasteiger partial charge on any atom is 0.261 e. The van der Waals surface area contributed by atoms with Crippen LogP contribution in [-0.2, 0) is 4.79 Å². The van der Waals surface area contributed by atoms with Crippen molar-refractivity contribution in [1.29, 1.82) is 0 Å². The summed E-state index contributed by atoms with van der Waals surface area (Å²) in [5.41, 5.74) is 5.38. The number of benzene rings is 2. The Kier molecular flexibility index (Phi) is 6.12. The summed E-state index contributed by atoms with van der Waals surface area (Å²) >= 11 is 6.18. The van der Waals surface area contributed by atoms with Crippen molar-refractivity contribution in [2.75, 3.05) is 0 Å². The van der Waals surface area contributed by atoms with Gasteiger partial charge in [0.25, 0.3) is 5.91 Å². The lowest BCUT2D eigenvalue weighted by Crippen LogP contribution is -2.38. The predicted molar refractivity (Wildman–Crippen MR) is 103 cm³/mol. The molecule has 0 fully saturated rings. The average molecular weight is 360 g/mol. The first-order chi connectivity index (χ1) is 11.7. The van der Waals surface area contributed by atoms with Crippen LogP contribution in [0.1, 0.15) is 47.7 Å². The summed E-state index contributed by atoms with van der Waals surface area (Å²) in [4.78, 5) is 12.5. The summed E-state index contributed by atoms with van der Waals surface area (Å²) in [5, 5.41) is 3.76. The predicted octanol–water partition coefficient (Wildman–Crippen LogP) is 5.22. The molecule has 2 rings (SSSR count). The summed E-state index contributed by atoms with van der Waals surface area (Å²) in [7, 11) is 0. The third-order valence-corrected chi connectivity index (χ3v) is 4.94. The first-order valence-electron chi connectivity index (χ1n) is 8.50. The molecule has 0 spiro atoms. The van der Waals surface area contributed by atoms with Crippen LogP contribution >= 0.6 is 11.6 Å². The molecule has 4 heteroatoms. The summed E-state index contributed by atoms with van der Waals surface area (Å²) in [5.74, 6) is 0.513. The van der Waals surface area contributed by atoms with Gasteiger partial charge in [-0.25, -0.2) is 0 Å². The topological polar surface area (TPSA) is 38.3 Å². The van der Waals surface area contributed by atoms with Crippen molar-refractivity contribution < 1.29 is 9.53 Å². The van der Waals surface area contributed by atoms with Crippen LogP contribution in [-0.4, -0.2) is 12.0 Å². The van der Waals surface area contributed by atoms with Crippen molar-refractivity contribution in [2.45, 2.75) is 53.7 Å². The molecule has 0 aliphatic heterocycles. The SMILES string of the molecule is Cc1ccc([C@H](C)NC(=O)[C@H](C)Oc2cc(C)c(Cl)c(C)c2)c(C)c1. The van der Waals surface area contributed by atoms with Crippen LogP contribution < -0.4 is 10.1 Å². The zero-order chi connectivity index (χ0) is 18.7. The third kappa shape index (κ3) is 4.76. The average Bonchev–Trinajstić information content (AvgIpc) is 2.52. The van der Waals surface area contributed by atoms with Gasteiger partial charge in [0.2, 0.25) is 0 Å². The lowest BCUT2D eigenvalue weighted by Gasteiger charge is -2.21. The summed E-state index contributed by atoms with van der Waals surface area (Å²) < 4.78 is 5.81. The van der Waals surface area contributed by atoms with Crippen LogP contribution in [0.4, 0.5) is 0 Å². The smallest absolute Gasteiger partial charge is 0.261 e. The highest BCUT2D eigenvalue weighted by molar-refractivity contribution is 6.32. The molecule has 1 amide bonds. The Hall–Kier alpha value is -2.00. The van der Waals surface area contributed by atoms with E-state index in [4.69, 9.17) is 16.3 Å². The fourth-order valence-electron chi connectivity index (χ4n) is 2.95. The van der Waals surface area contributed by atoms with Crippen LogP contribution in [0.25, 0.3) is 0 Å². The number of hydrogen-bond acceptors (Lipinski definition) is 2. The van der Waals surface area contributed by atoms with Crippen molar-refractivity contribution in [2.24, 2.45) is 0 Å². The number of ether oxygens (including phenoxy) is 1. The number of rotatable bonds is 5. The van der Waals surface area contributed by atoms with Gasteiger partial charge in [0.15, 0.2) is 6.10 Å². The monoisotopic (exact) mass is 359 g/mol. The fraction of sp³-hybridized carbons (Fsp3) is 0.381. The zero-order valence-electron chi connectivity index (χ0n) is 15.7. The van der Waals surface area contributed by atoms with Gasteiger partial charge in [0.1, 0.15) is 5.75 Å². The van der Waals surface area contributed by atoms with Crippen molar-refractivity contribution in [3.63, 3.8) is 0 Å². The standard InChI is InChI=1S/C21H26ClNO2/c1-12-7-8-19(13(2)9-12)16(5)23-21(24)17(6)25-18-10-14(3)20(22)15(4)11-18/h7-11,16-17H,1-6H3,(H,23,24)/t16-,17-/m0/s1. The third-order valence-electron chi connectivity index (χ3n) is 4.34. The van der Waals surface area contributed by atoms with Gasteiger partial charge in [-0.1, -0.05) is 35.4 Å². The van der Waals surface area contributed by atoms with Gasteiger partial charge < -0.3 is 10.1 Å². The molecule has 0 aliphatic carbocycles. The molecule has 0 unspecified atom stereocenters. The summed E-state index contributed by atoms with van der Waals surface area (Å²) in [6.07, 6.45) is -0.590. The zero-order valence-corrected chi connectivity index (χ0v) is 16.5. The van der Waals surface area contributed by atoms with Gasteiger partial charge in [0, 0.05) is 5.02 Å². The Morgan fingerprint density at radius 3 is 2.16 bits per heavy atom. The second-order valence-electron chi connectivity index (χ2n) is 6.72. The molecular formula is C21H26ClNO2. The Labute approximate surface area is 155 Å². The van der Waals surface area contributed by atoms with E-state index >= 15 is 0 Å². The highest BCUT2D eigenvalue weighted by Crippen LogP contribution is 2.26. The molecule has 0 bridgehead atoms. The van der Waals surface area contributed by atoms with Crippen LogP contribution in [0.3, 0.4) is 0 Å². The second kappa shape index (κ2) is 7.92. The molecular weight excluding hydrogens is 334 g/mol. The second-order valence-corrected chi connectivity index (χ2v) is 7.10. The number of nitrogens with one attached hydrogen (secondary N) is 1. The van der Waals surface area contributed by atoms with E-state index < -0.39 is 6.10 Å². The van der Waals surface area contributed by atoms with Crippen molar-refractivity contribution in [1.82, 2.24) is 5.32 Å². The molecule has 0 saturated heterocycles. The number of aryl methyl sites for hydroxylation is 4. The molecule has 0 heterocycles. The molecule has 0 radical (unpaired) electrons. The first-order valence-corrected chi connectivity index (χ1v) is 8.87. The summed E-state index contributed by atoms with van der Waals surface area (Å²) in [6, 6.07) is 9.88. The Morgan fingerprint density at radius 2 is 1.60 bits per heavy atom. The largest absolute Gasteiger partial charge is 0.481 e. The van der Waals surface area contributed by atoms with Gasteiger partial charge in [-0.15, -0.1) is 0 Å². The van der Waals surface area contributed by atoms with E-state index in [1.54, 1.807) is 6.92 Å². The van der Waals surface area contributed by atoms with Crippen molar-refractivity contribution in [3.05, 3.63) is 63.2 Å². The number of hydrogen-bond donors (Lipinski definition) is 1. The molecule has 2 aromatic carbocycles. The Bertz CT molecular complexity index is 762. The lowest BCUT2D eigenvalue weighted by atomic mass is 10.00. The molecule has 3 nitrogen and oxygen atoms in total. The van der Waals surface area contributed by atoms with E-state index in [0.29, 0.717) is 5.75 Å². The quantitative estimate of drug-likeness (QED) is 0.794. The van der Waals surface area contributed by atoms with Crippen molar-refractivity contribution in [3.8, 4) is 5.75 Å². The fourth-order valence-corrected chi connectivity index (χ4v) is 3.06. The van der Waals surface area contributed by atoms with Gasteiger partial charge in [0.05, 0.1) is 6.04 Å². The van der Waals surface area contributed by atoms with E-state index in [1.165, 1.54) is 11.1 Å². The van der Waals surface area contributed by atoms with E-state index in [2.05, 4.69) is 37.4 Å². The van der Waals surface area contributed by atoms with E-state index in [1.807, 2.05) is 32.9 Å². The minimum atomic E-state index is -0.590. The number of carbonyl (C=O) groups excluding carboxylic acids is 1. The first kappa shape index (κ1) is 19.3. The maximum atomic E-state index is 12.5. The van der Waals surface area contributed by atoms with Gasteiger partial charge >= 0.3 is 0 Å². The molecule has 0 saturated carbocycles. The van der Waals surface area contributed by atoms with Gasteiger partial charge in [-0.3, -0.25) is 4.79 Å². The Balaban J connectivity index is 2.05. The molecule has 2 atom stereocenters. The molecule has 1 N–H and O–H groups in total. The van der Waals surface area contributed by atoms with Crippen LogP contribution in [0, 0.1) is 27.7 Å². The number of amides is 1. The number of halogens is 1. The normalized spacial score (nSPS) is 13.2. The van der Waals surface area contributed by atoms with E-state index in [9.17, 15) is 4.79 Å². The van der Waals surface area contributed by atoms with Crippen molar-refractivity contribution >= 4 is 17.5 Å². The molecule has 25 heavy (non-hydrogen) atoms. The summed E-state index contributed by atoms with van der Waals surface area (Å²) in [6.45, 7) is 11.7. The van der Waals surface area contributed by atoms with E-state index in [-0.39, 0.29) is 11.9 Å².